The number of benzene rings is 1. The van der Waals surface area contributed by atoms with Gasteiger partial charge in [0.25, 0.3) is 0 Å². The second kappa shape index (κ2) is 30.1. The maximum atomic E-state index is 14.7. The number of hydrogen-bond donors (Lipinski definition) is 5. The molecule has 2 heterocycles. The number of nitrogens with zero attached hydrogens (tertiary/aromatic N) is 4. The molecule has 0 spiro atoms. The molecule has 71 heavy (non-hydrogen) atoms. The van der Waals surface area contributed by atoms with E-state index in [4.69, 9.17) is 15.2 Å². The van der Waals surface area contributed by atoms with E-state index in [-0.39, 0.29) is 78.8 Å². The minimum Gasteiger partial charge on any atom is -0.379 e. The Morgan fingerprint density at radius 3 is 2.14 bits per heavy atom. The van der Waals surface area contributed by atoms with E-state index in [0.717, 1.165) is 17.0 Å². The van der Waals surface area contributed by atoms with Crippen molar-refractivity contribution in [3.05, 3.63) is 52.5 Å². The van der Waals surface area contributed by atoms with Crippen LogP contribution < -0.4 is 27.0 Å². The molecule has 0 unspecified atom stereocenters. The molecule has 1 aromatic heterocycles. The first kappa shape index (κ1) is 60.3. The fourth-order valence-corrected chi connectivity index (χ4v) is 10.4. The van der Waals surface area contributed by atoms with Gasteiger partial charge in [0.1, 0.15) is 23.1 Å². The molecular formula is C52H85N9O9S. The molecule has 7 amide bonds. The molecule has 398 valence electrons. The Bertz CT molecular complexity index is 1990. The normalized spacial score (nSPS) is 17.5. The van der Waals surface area contributed by atoms with E-state index in [1.54, 1.807) is 30.2 Å². The molecule has 19 heteroatoms. The Hall–Kier alpha value is -4.98. The monoisotopic (exact) mass is 1010 g/mol. The average molecular weight is 1010 g/mol. The average Bonchev–Trinajstić information content (AvgIpc) is 4.06. The van der Waals surface area contributed by atoms with Gasteiger partial charge in [-0.25, -0.2) is 4.98 Å². The van der Waals surface area contributed by atoms with Gasteiger partial charge in [0.15, 0.2) is 0 Å². The van der Waals surface area contributed by atoms with Crippen molar-refractivity contribution in [2.45, 2.75) is 162 Å². The number of methoxy groups -OCH3 is 2. The second-order valence-corrected chi connectivity index (χ2v) is 20.6. The number of amides is 7. The number of carbonyl (C=O) groups excluding carboxylic acids is 7. The molecule has 6 N–H and O–H groups in total. The number of nitrogens with one attached hydrogen (secondary N) is 4. The van der Waals surface area contributed by atoms with E-state index in [9.17, 15) is 33.6 Å². The van der Waals surface area contributed by atoms with Gasteiger partial charge in [-0.1, -0.05) is 85.2 Å². The predicted molar refractivity (Wildman–Crippen MR) is 276 cm³/mol. The van der Waals surface area contributed by atoms with Crippen LogP contribution in [0.1, 0.15) is 123 Å². The minimum absolute atomic E-state index is 0.00843. The van der Waals surface area contributed by atoms with Crippen molar-refractivity contribution >= 4 is 52.7 Å². The summed E-state index contributed by atoms with van der Waals surface area (Å²) in [4.78, 5) is 105. The van der Waals surface area contributed by atoms with Crippen LogP contribution in [0, 0.1) is 23.7 Å². The highest BCUT2D eigenvalue weighted by atomic mass is 32.1. The molecular weight excluding hydrogens is 927 g/mol. The number of unbranched alkanes of at least 4 members (excludes halogenated alkanes) is 1. The Labute approximate surface area is 426 Å². The lowest BCUT2D eigenvalue weighted by Crippen LogP contribution is -2.60. The predicted octanol–water partition coefficient (Wildman–Crippen LogP) is 4.23. The highest BCUT2D eigenvalue weighted by molar-refractivity contribution is 7.09. The van der Waals surface area contributed by atoms with Gasteiger partial charge >= 0.3 is 0 Å². The van der Waals surface area contributed by atoms with Gasteiger partial charge in [-0.05, 0) is 68.4 Å². The van der Waals surface area contributed by atoms with Gasteiger partial charge in [-0.2, -0.15) is 0 Å². The number of aromatic nitrogens is 1. The van der Waals surface area contributed by atoms with Crippen molar-refractivity contribution < 1.29 is 43.0 Å². The molecule has 0 radical (unpaired) electrons. The van der Waals surface area contributed by atoms with Gasteiger partial charge in [-0.15, -0.1) is 11.3 Å². The van der Waals surface area contributed by atoms with Gasteiger partial charge in [0.05, 0.1) is 42.7 Å². The molecule has 2 aromatic rings. The number of rotatable bonds is 30. The molecule has 10 atom stereocenters. The van der Waals surface area contributed by atoms with Gasteiger partial charge < -0.3 is 51.2 Å². The molecule has 0 saturated carbocycles. The Morgan fingerprint density at radius 1 is 0.887 bits per heavy atom. The van der Waals surface area contributed by atoms with Crippen molar-refractivity contribution in [3.8, 4) is 0 Å². The van der Waals surface area contributed by atoms with E-state index in [1.165, 1.54) is 37.3 Å². The molecule has 3 rings (SSSR count). The number of likely N-dealkylation sites (tertiary alicyclic amines) is 1. The van der Waals surface area contributed by atoms with Gasteiger partial charge in [0, 0.05) is 66.3 Å². The van der Waals surface area contributed by atoms with Crippen LogP contribution in [0.15, 0.2) is 41.9 Å². The third-order valence-corrected chi connectivity index (χ3v) is 14.7. The van der Waals surface area contributed by atoms with Crippen LogP contribution in [0.25, 0.3) is 0 Å². The van der Waals surface area contributed by atoms with Crippen LogP contribution in [-0.2, 0) is 49.5 Å². The maximum Gasteiger partial charge on any atom is 0.245 e. The standard InChI is InChI=1S/C52H85N9O9S/c1-13-34(6)46(60(10)52(68)44(32(2)3)58-50(67)45(33(4)5)59(9)42(63)24-26-54-49(66)38(56-36(8)62)22-17-18-25-53)41(69-11)31-43(64)61-28-19-23-40(61)47(70-12)35(7)48(65)57-39(51-55-27-29-71-51)30-37-20-15-14-16-21-37/h14-16,20-21,27,29,32-35,38-41,44-47H,13,17-19,22-26,28,30-31,53H2,1-12H3,(H,54,66)(H,56,62)(H,57,65)(H,58,67)/t34-,35+,38-,39-,40-,41+,44-,45-,46-,47+/m0/s1. The number of ether oxygens (including phenoxy) is 2. The van der Waals surface area contributed by atoms with Crippen LogP contribution in [0.4, 0.5) is 0 Å². The summed E-state index contributed by atoms with van der Waals surface area (Å²) in [6.07, 6.45) is 4.62. The van der Waals surface area contributed by atoms with E-state index in [1.807, 2.05) is 84.2 Å². The SMILES string of the molecule is CC[C@H](C)[C@@H]([C@@H](CC(=O)N1CCC[C@H]1[C@H](OC)[C@@H](C)C(=O)N[C@@H](Cc1ccccc1)c1nccs1)OC)N(C)C(=O)[C@@H](NC(=O)[C@H](C(C)C)N(C)C(=O)CCNC(=O)[C@H](CCCCN)NC(C)=O)C(C)C. The molecule has 0 bridgehead atoms. The van der Waals surface area contributed by atoms with Crippen molar-refractivity contribution in [1.82, 2.24) is 41.0 Å². The van der Waals surface area contributed by atoms with E-state index >= 15 is 0 Å². The van der Waals surface area contributed by atoms with E-state index in [0.29, 0.717) is 51.6 Å². The quantitative estimate of drug-likeness (QED) is 0.0695. The van der Waals surface area contributed by atoms with Gasteiger partial charge in [-0.3, -0.25) is 33.6 Å². The summed E-state index contributed by atoms with van der Waals surface area (Å²) in [5.74, 6) is -3.82. The first-order valence-electron chi connectivity index (χ1n) is 25.4. The molecule has 0 aliphatic carbocycles. The lowest BCUT2D eigenvalue weighted by atomic mass is 9.89. The highest BCUT2D eigenvalue weighted by Gasteiger charge is 2.44. The third kappa shape index (κ3) is 17.6. The highest BCUT2D eigenvalue weighted by Crippen LogP contribution is 2.31. The van der Waals surface area contributed by atoms with Crippen molar-refractivity contribution in [3.63, 3.8) is 0 Å². The zero-order chi connectivity index (χ0) is 52.9. The molecule has 18 nitrogen and oxygen atoms in total. The van der Waals surface area contributed by atoms with Gasteiger partial charge in [0.2, 0.25) is 41.4 Å². The number of nitrogens with two attached hydrogens (primary N) is 1. The molecule has 1 aliphatic heterocycles. The third-order valence-electron chi connectivity index (χ3n) is 13.8. The summed E-state index contributed by atoms with van der Waals surface area (Å²) >= 11 is 1.48. The summed E-state index contributed by atoms with van der Waals surface area (Å²) in [5.41, 5.74) is 6.66. The Kier molecular flexibility index (Phi) is 25.6. The zero-order valence-corrected chi connectivity index (χ0v) is 45.2. The maximum absolute atomic E-state index is 14.7. The number of likely N-dealkylation sites (N-methyl/N-ethyl adjacent to an activating group) is 2. The van der Waals surface area contributed by atoms with Crippen molar-refractivity contribution in [2.75, 3.05) is 47.9 Å². The second-order valence-electron chi connectivity index (χ2n) is 19.7. The number of hydrogen-bond acceptors (Lipinski definition) is 12. The number of thiazole rings is 1. The molecule has 1 aromatic carbocycles. The van der Waals surface area contributed by atoms with E-state index < -0.39 is 54.1 Å². The lowest BCUT2D eigenvalue weighted by Gasteiger charge is -2.41. The molecule has 1 fully saturated rings. The fourth-order valence-electron chi connectivity index (χ4n) is 9.72. The van der Waals surface area contributed by atoms with Crippen LogP contribution in [0.2, 0.25) is 0 Å². The summed E-state index contributed by atoms with van der Waals surface area (Å²) in [6, 6.07) is 5.95. The summed E-state index contributed by atoms with van der Waals surface area (Å²) in [5, 5.41) is 14.3. The van der Waals surface area contributed by atoms with Crippen molar-refractivity contribution in [2.24, 2.45) is 29.4 Å². The van der Waals surface area contributed by atoms with Crippen LogP contribution in [0.5, 0.6) is 0 Å². The number of carbonyl (C=O) groups is 7. The smallest absolute Gasteiger partial charge is 0.245 e. The summed E-state index contributed by atoms with van der Waals surface area (Å²) < 4.78 is 12.1. The Morgan fingerprint density at radius 2 is 1.58 bits per heavy atom. The van der Waals surface area contributed by atoms with Crippen LogP contribution in [-0.4, -0.2) is 151 Å². The zero-order valence-electron chi connectivity index (χ0n) is 44.4. The van der Waals surface area contributed by atoms with Crippen LogP contribution in [0.3, 0.4) is 0 Å². The minimum atomic E-state index is -0.984. The summed E-state index contributed by atoms with van der Waals surface area (Å²) in [7, 11) is 6.30. The van der Waals surface area contributed by atoms with Crippen molar-refractivity contribution in [1.29, 1.82) is 0 Å². The lowest BCUT2D eigenvalue weighted by molar-refractivity contribution is -0.148. The molecule has 1 aliphatic rings. The first-order valence-corrected chi connectivity index (χ1v) is 26.3. The molecule has 1 saturated heterocycles. The topological polar surface area (TPSA) is 235 Å². The fraction of sp³-hybridized carbons (Fsp3) is 0.692. The Balaban J connectivity index is 1.74. The first-order chi connectivity index (χ1) is 33.7. The van der Waals surface area contributed by atoms with E-state index in [2.05, 4.69) is 26.3 Å². The van der Waals surface area contributed by atoms with Crippen LogP contribution >= 0.6 is 11.3 Å². The summed E-state index contributed by atoms with van der Waals surface area (Å²) in [6.45, 7) is 15.4. The largest absolute Gasteiger partial charge is 0.379 e.